The van der Waals surface area contributed by atoms with E-state index in [9.17, 15) is 26.7 Å². The van der Waals surface area contributed by atoms with Crippen LogP contribution in [0.5, 0.6) is 5.75 Å². The molecule has 2 fully saturated rings. The summed E-state index contributed by atoms with van der Waals surface area (Å²) in [6, 6.07) is 1.93. The molecule has 2 heterocycles. The number of amides is 1. The van der Waals surface area contributed by atoms with Gasteiger partial charge in [-0.15, -0.1) is 0 Å². The molecular weight excluding hydrogens is 413 g/mol. The van der Waals surface area contributed by atoms with Gasteiger partial charge in [0.1, 0.15) is 6.10 Å². The van der Waals surface area contributed by atoms with Crippen molar-refractivity contribution in [1.29, 1.82) is 0 Å². The topological polar surface area (TPSA) is 56.8 Å². The number of carbonyl (C=O) groups excluding carboxylic acids is 1. The molecule has 0 radical (unpaired) electrons. The van der Waals surface area contributed by atoms with Crippen LogP contribution in [0.1, 0.15) is 31.7 Å². The Labute approximate surface area is 170 Å². The molecule has 2 aliphatic rings. The number of hydrogen-bond acceptors (Lipinski definition) is 4. The summed E-state index contributed by atoms with van der Waals surface area (Å²) >= 11 is 0. The first-order valence-electron chi connectivity index (χ1n) is 9.63. The Bertz CT molecular complexity index is 796. The van der Waals surface area contributed by atoms with Gasteiger partial charge in [-0.2, -0.15) is 17.6 Å². The minimum atomic E-state index is -4.79. The zero-order valence-electron chi connectivity index (χ0n) is 16.8. The Morgan fingerprint density at radius 3 is 2.60 bits per heavy atom. The van der Waals surface area contributed by atoms with E-state index in [4.69, 9.17) is 14.2 Å². The van der Waals surface area contributed by atoms with Crippen molar-refractivity contribution in [2.24, 2.45) is 11.8 Å². The van der Waals surface area contributed by atoms with Gasteiger partial charge >= 0.3 is 6.18 Å². The molecule has 30 heavy (non-hydrogen) atoms. The van der Waals surface area contributed by atoms with E-state index >= 15 is 0 Å². The molecule has 0 unspecified atom stereocenters. The van der Waals surface area contributed by atoms with Crippen LogP contribution < -0.4 is 10.1 Å². The molecule has 168 valence electrons. The number of nitrogens with one attached hydrogen (secondary N) is 1. The molecule has 0 bridgehead atoms. The van der Waals surface area contributed by atoms with E-state index in [-0.39, 0.29) is 18.0 Å². The Morgan fingerprint density at radius 2 is 2.03 bits per heavy atom. The lowest BCUT2D eigenvalue weighted by molar-refractivity contribution is -0.272. The first-order chi connectivity index (χ1) is 14.0. The Hall–Kier alpha value is -1.94. The van der Waals surface area contributed by atoms with E-state index in [1.165, 1.54) is 6.92 Å². The maximum absolute atomic E-state index is 14.3. The molecular formula is C20H24F5NO4. The average Bonchev–Trinajstić information content (AvgIpc) is 3.29. The van der Waals surface area contributed by atoms with E-state index in [1.807, 2.05) is 0 Å². The number of benzene rings is 1. The molecule has 2 saturated heterocycles. The molecule has 0 spiro atoms. The van der Waals surface area contributed by atoms with Crippen molar-refractivity contribution in [3.63, 3.8) is 0 Å². The van der Waals surface area contributed by atoms with Gasteiger partial charge in [-0.3, -0.25) is 4.79 Å². The summed E-state index contributed by atoms with van der Waals surface area (Å²) in [5.74, 6) is -6.25. The van der Waals surface area contributed by atoms with Gasteiger partial charge in [0.25, 0.3) is 0 Å². The maximum atomic E-state index is 14.3. The van der Waals surface area contributed by atoms with Crippen molar-refractivity contribution in [3.05, 3.63) is 29.3 Å². The van der Waals surface area contributed by atoms with Crippen LogP contribution in [0.25, 0.3) is 0 Å². The van der Waals surface area contributed by atoms with Gasteiger partial charge in [-0.05, 0) is 19.4 Å². The molecule has 0 saturated carbocycles. The second-order valence-corrected chi connectivity index (χ2v) is 7.92. The lowest BCUT2D eigenvalue weighted by atomic mass is 9.77. The minimum absolute atomic E-state index is 0.0537. The highest BCUT2D eigenvalue weighted by atomic mass is 19.4. The smallest absolute Gasteiger partial charge is 0.417 e. The van der Waals surface area contributed by atoms with Gasteiger partial charge in [0.05, 0.1) is 13.7 Å². The lowest BCUT2D eigenvalue weighted by Gasteiger charge is -2.32. The molecule has 2 aliphatic heterocycles. The van der Waals surface area contributed by atoms with Gasteiger partial charge in [0.15, 0.2) is 17.2 Å². The molecule has 1 aromatic rings. The molecule has 0 aliphatic carbocycles. The van der Waals surface area contributed by atoms with Crippen molar-refractivity contribution in [2.75, 3.05) is 26.9 Å². The van der Waals surface area contributed by atoms with Crippen molar-refractivity contribution < 1.29 is 41.0 Å². The van der Waals surface area contributed by atoms with Crippen LogP contribution in [0, 0.1) is 23.5 Å². The lowest BCUT2D eigenvalue weighted by Crippen LogP contribution is -2.47. The number of halogens is 5. The monoisotopic (exact) mass is 437 g/mol. The summed E-state index contributed by atoms with van der Waals surface area (Å²) < 4.78 is 84.9. The fraction of sp³-hybridized carbons (Fsp3) is 0.650. The van der Waals surface area contributed by atoms with Gasteiger partial charge in [-0.25, -0.2) is 4.39 Å². The third kappa shape index (κ3) is 3.87. The predicted octanol–water partition coefficient (Wildman–Crippen LogP) is 3.57. The fourth-order valence-corrected chi connectivity index (χ4v) is 4.13. The zero-order chi connectivity index (χ0) is 22.3. The van der Waals surface area contributed by atoms with Gasteiger partial charge in [0.2, 0.25) is 11.7 Å². The van der Waals surface area contributed by atoms with Crippen LogP contribution >= 0.6 is 0 Å². The molecule has 3 rings (SSSR count). The van der Waals surface area contributed by atoms with E-state index in [0.29, 0.717) is 13.2 Å². The summed E-state index contributed by atoms with van der Waals surface area (Å²) in [7, 11) is 1.08. The summed E-state index contributed by atoms with van der Waals surface area (Å²) in [5, 5.41) is 2.62. The highest BCUT2D eigenvalue weighted by molar-refractivity contribution is 5.82. The van der Waals surface area contributed by atoms with E-state index in [2.05, 4.69) is 5.32 Å². The van der Waals surface area contributed by atoms with Crippen LogP contribution in [0.2, 0.25) is 0 Å². The second kappa shape index (κ2) is 8.30. The largest absolute Gasteiger partial charge is 0.493 e. The molecule has 1 aromatic carbocycles. The zero-order valence-corrected chi connectivity index (χ0v) is 16.8. The number of ether oxygens (including phenoxy) is 3. The fourth-order valence-electron chi connectivity index (χ4n) is 4.13. The molecule has 0 aromatic heterocycles. The molecule has 1 amide bonds. The van der Waals surface area contributed by atoms with Crippen molar-refractivity contribution in [3.8, 4) is 5.75 Å². The van der Waals surface area contributed by atoms with Crippen molar-refractivity contribution in [1.82, 2.24) is 5.32 Å². The van der Waals surface area contributed by atoms with Gasteiger partial charge in [0, 0.05) is 36.5 Å². The molecule has 5 atom stereocenters. The Kier molecular flexibility index (Phi) is 6.29. The average molecular weight is 437 g/mol. The highest BCUT2D eigenvalue weighted by Gasteiger charge is 2.65. The van der Waals surface area contributed by atoms with Crippen LogP contribution in [0.3, 0.4) is 0 Å². The third-order valence-corrected chi connectivity index (χ3v) is 6.16. The summed E-state index contributed by atoms with van der Waals surface area (Å²) in [4.78, 5) is 12.8. The maximum Gasteiger partial charge on any atom is 0.417 e. The second-order valence-electron chi connectivity index (χ2n) is 7.92. The third-order valence-electron chi connectivity index (χ3n) is 6.16. The van der Waals surface area contributed by atoms with E-state index in [1.54, 1.807) is 0 Å². The van der Waals surface area contributed by atoms with Crippen LogP contribution in [-0.2, 0) is 14.3 Å². The SMILES string of the molecule is COc1c([C@H]2[C@H](C(=O)NC[C@@H]3CCOC3)O[C@@](C)(C(F)(F)F)[C@H]2C)ccc(F)c1F. The summed E-state index contributed by atoms with van der Waals surface area (Å²) in [5.41, 5.74) is -2.72. The first-order valence-corrected chi connectivity index (χ1v) is 9.63. The Morgan fingerprint density at radius 1 is 1.33 bits per heavy atom. The van der Waals surface area contributed by atoms with Crippen molar-refractivity contribution in [2.45, 2.75) is 44.1 Å². The quantitative estimate of drug-likeness (QED) is 0.716. The van der Waals surface area contributed by atoms with Gasteiger partial charge < -0.3 is 19.5 Å². The van der Waals surface area contributed by atoms with Gasteiger partial charge in [-0.1, -0.05) is 13.0 Å². The van der Waals surface area contributed by atoms with E-state index < -0.39 is 53.0 Å². The number of rotatable bonds is 5. The number of carbonyl (C=O) groups is 1. The van der Waals surface area contributed by atoms with E-state index in [0.717, 1.165) is 32.6 Å². The van der Waals surface area contributed by atoms with Crippen molar-refractivity contribution >= 4 is 5.91 Å². The minimum Gasteiger partial charge on any atom is -0.493 e. The highest BCUT2D eigenvalue weighted by Crippen LogP contribution is 2.54. The number of hydrogen-bond donors (Lipinski definition) is 1. The molecule has 10 heteroatoms. The van der Waals surface area contributed by atoms with Crippen LogP contribution in [-0.4, -0.2) is 50.7 Å². The summed E-state index contributed by atoms with van der Waals surface area (Å²) in [6.07, 6.45) is -5.62. The van der Waals surface area contributed by atoms with Crippen LogP contribution in [0.15, 0.2) is 12.1 Å². The first kappa shape index (κ1) is 22.7. The Balaban J connectivity index is 1.98. The predicted molar refractivity (Wildman–Crippen MR) is 96.1 cm³/mol. The number of alkyl halides is 3. The van der Waals surface area contributed by atoms with Crippen LogP contribution in [0.4, 0.5) is 22.0 Å². The standard InChI is InChI=1S/C20H24F5NO4/c1-10-14(12-4-5-13(21)15(22)16(12)28-3)17(30-19(10,2)20(23,24)25)18(27)26-8-11-6-7-29-9-11/h4-5,10-11,14,17H,6-9H2,1-3H3,(H,26,27)/t10-,11-,14-,17+,19+/m0/s1. The molecule has 1 N–H and O–H groups in total. The normalized spacial score (nSPS) is 31.7. The molecule has 5 nitrogen and oxygen atoms in total. The summed E-state index contributed by atoms with van der Waals surface area (Å²) in [6.45, 7) is 3.35. The number of methoxy groups -OCH3 is 1.